The first-order valence-electron chi connectivity index (χ1n) is 8.25. The second-order valence-electron chi connectivity index (χ2n) is 6.58. The van der Waals surface area contributed by atoms with Gasteiger partial charge in [-0.3, -0.25) is 0 Å². The molecule has 0 amide bonds. The summed E-state index contributed by atoms with van der Waals surface area (Å²) in [5.74, 6) is 1.58. The van der Waals surface area contributed by atoms with Crippen LogP contribution < -0.4 is 5.32 Å². The van der Waals surface area contributed by atoms with Crippen LogP contribution in [-0.2, 0) is 4.74 Å². The standard InChI is InChI=1S/C16H31NO2/c1-13(15-6-4-2-3-5-7-15)17-10-16(18)12-19-11-14-8-9-14/h13-18H,2-12H2,1H3/t13-,16?/m1/s1. The van der Waals surface area contributed by atoms with Crippen molar-refractivity contribution in [1.82, 2.24) is 5.32 Å². The summed E-state index contributed by atoms with van der Waals surface area (Å²) in [6.45, 7) is 4.27. The third-order valence-electron chi connectivity index (χ3n) is 4.64. The number of hydrogen-bond acceptors (Lipinski definition) is 3. The van der Waals surface area contributed by atoms with E-state index in [9.17, 15) is 5.11 Å². The molecule has 0 heterocycles. The van der Waals surface area contributed by atoms with Crippen molar-refractivity contribution in [2.45, 2.75) is 70.4 Å². The largest absolute Gasteiger partial charge is 0.389 e. The molecule has 0 saturated heterocycles. The third-order valence-corrected chi connectivity index (χ3v) is 4.64. The fraction of sp³-hybridized carbons (Fsp3) is 1.00. The van der Waals surface area contributed by atoms with Crippen LogP contribution in [0.4, 0.5) is 0 Å². The molecule has 2 saturated carbocycles. The highest BCUT2D eigenvalue weighted by Gasteiger charge is 2.22. The van der Waals surface area contributed by atoms with Gasteiger partial charge >= 0.3 is 0 Å². The molecule has 0 bridgehead atoms. The van der Waals surface area contributed by atoms with Gasteiger partial charge in [-0.2, -0.15) is 0 Å². The molecule has 1 unspecified atom stereocenters. The zero-order valence-corrected chi connectivity index (χ0v) is 12.4. The lowest BCUT2D eigenvalue weighted by Crippen LogP contribution is -2.40. The highest BCUT2D eigenvalue weighted by Crippen LogP contribution is 2.28. The second kappa shape index (κ2) is 8.23. The molecule has 2 aliphatic rings. The van der Waals surface area contributed by atoms with E-state index in [0.29, 0.717) is 19.2 Å². The smallest absolute Gasteiger partial charge is 0.0897 e. The Labute approximate surface area is 118 Å². The van der Waals surface area contributed by atoms with Crippen molar-refractivity contribution >= 4 is 0 Å². The Hall–Kier alpha value is -0.120. The average Bonchev–Trinajstić information content (AvgIpc) is 3.22. The van der Waals surface area contributed by atoms with Crippen LogP contribution in [0.5, 0.6) is 0 Å². The van der Waals surface area contributed by atoms with Gasteiger partial charge in [0.1, 0.15) is 0 Å². The molecular formula is C16H31NO2. The van der Waals surface area contributed by atoms with E-state index in [0.717, 1.165) is 18.4 Å². The SMILES string of the molecule is C[C@@H](NCC(O)COCC1CC1)C1CCCCCC1. The molecule has 3 nitrogen and oxygen atoms in total. The normalized spacial score (nSPS) is 24.9. The van der Waals surface area contributed by atoms with Crippen molar-refractivity contribution in [1.29, 1.82) is 0 Å². The van der Waals surface area contributed by atoms with E-state index in [2.05, 4.69) is 12.2 Å². The van der Waals surface area contributed by atoms with E-state index in [1.165, 1.54) is 51.4 Å². The monoisotopic (exact) mass is 269 g/mol. The van der Waals surface area contributed by atoms with Crippen molar-refractivity contribution in [2.24, 2.45) is 11.8 Å². The molecule has 2 fully saturated rings. The summed E-state index contributed by atoms with van der Waals surface area (Å²) < 4.78 is 5.53. The Balaban J connectivity index is 1.54. The molecule has 2 aliphatic carbocycles. The maximum Gasteiger partial charge on any atom is 0.0897 e. The zero-order valence-electron chi connectivity index (χ0n) is 12.4. The van der Waals surface area contributed by atoms with Gasteiger partial charge in [0.15, 0.2) is 0 Å². The first-order valence-corrected chi connectivity index (χ1v) is 8.25. The lowest BCUT2D eigenvalue weighted by molar-refractivity contribution is 0.0304. The Kier molecular flexibility index (Phi) is 6.62. The van der Waals surface area contributed by atoms with E-state index >= 15 is 0 Å². The molecule has 2 N–H and O–H groups in total. The lowest BCUT2D eigenvalue weighted by atomic mass is 9.93. The molecule has 19 heavy (non-hydrogen) atoms. The van der Waals surface area contributed by atoms with Crippen molar-refractivity contribution in [3.05, 3.63) is 0 Å². The van der Waals surface area contributed by atoms with Gasteiger partial charge in [0, 0.05) is 19.2 Å². The van der Waals surface area contributed by atoms with Gasteiger partial charge in [0.25, 0.3) is 0 Å². The molecule has 0 aliphatic heterocycles. The molecule has 112 valence electrons. The predicted molar refractivity (Wildman–Crippen MR) is 78.2 cm³/mol. The molecule has 3 heteroatoms. The molecule has 0 aromatic heterocycles. The van der Waals surface area contributed by atoms with Crippen molar-refractivity contribution in [3.63, 3.8) is 0 Å². The summed E-state index contributed by atoms with van der Waals surface area (Å²) in [6.07, 6.45) is 10.5. The van der Waals surface area contributed by atoms with Gasteiger partial charge in [-0.05, 0) is 44.4 Å². The zero-order chi connectivity index (χ0) is 13.5. The summed E-state index contributed by atoms with van der Waals surface area (Å²) >= 11 is 0. The highest BCUT2D eigenvalue weighted by molar-refractivity contribution is 4.76. The Morgan fingerprint density at radius 1 is 1.11 bits per heavy atom. The van der Waals surface area contributed by atoms with E-state index in [4.69, 9.17) is 4.74 Å². The van der Waals surface area contributed by atoms with Crippen LogP contribution in [0.2, 0.25) is 0 Å². The number of nitrogens with one attached hydrogen (secondary N) is 1. The summed E-state index contributed by atoms with van der Waals surface area (Å²) in [4.78, 5) is 0. The molecule has 0 aromatic rings. The summed E-state index contributed by atoms with van der Waals surface area (Å²) in [7, 11) is 0. The van der Waals surface area contributed by atoms with Crippen molar-refractivity contribution in [3.8, 4) is 0 Å². The average molecular weight is 269 g/mol. The number of hydrogen-bond donors (Lipinski definition) is 2. The Bertz CT molecular complexity index is 235. The highest BCUT2D eigenvalue weighted by atomic mass is 16.5. The number of rotatable bonds is 8. The van der Waals surface area contributed by atoms with Gasteiger partial charge < -0.3 is 15.2 Å². The van der Waals surface area contributed by atoms with Crippen LogP contribution >= 0.6 is 0 Å². The van der Waals surface area contributed by atoms with E-state index in [1.807, 2.05) is 0 Å². The van der Waals surface area contributed by atoms with Crippen molar-refractivity contribution < 1.29 is 9.84 Å². The molecule has 0 radical (unpaired) electrons. The molecule has 0 aromatic carbocycles. The lowest BCUT2D eigenvalue weighted by Gasteiger charge is -2.25. The Morgan fingerprint density at radius 3 is 2.42 bits per heavy atom. The minimum atomic E-state index is -0.355. The first kappa shape index (κ1) is 15.3. The topological polar surface area (TPSA) is 41.5 Å². The van der Waals surface area contributed by atoms with E-state index in [1.54, 1.807) is 0 Å². The maximum absolute atomic E-state index is 9.90. The predicted octanol–water partition coefficient (Wildman–Crippen LogP) is 2.72. The van der Waals surface area contributed by atoms with Gasteiger partial charge in [0.05, 0.1) is 12.7 Å². The molecule has 0 spiro atoms. The quantitative estimate of drug-likeness (QED) is 0.666. The second-order valence-corrected chi connectivity index (χ2v) is 6.58. The minimum absolute atomic E-state index is 0.355. The summed E-state index contributed by atoms with van der Waals surface area (Å²) in [5.41, 5.74) is 0. The third kappa shape index (κ3) is 6.24. The maximum atomic E-state index is 9.90. The molecule has 2 rings (SSSR count). The number of ether oxygens (including phenoxy) is 1. The molecule has 2 atom stereocenters. The van der Waals surface area contributed by atoms with Gasteiger partial charge in [-0.1, -0.05) is 25.7 Å². The molecular weight excluding hydrogens is 238 g/mol. The van der Waals surface area contributed by atoms with Crippen LogP contribution in [0.25, 0.3) is 0 Å². The van der Waals surface area contributed by atoms with Crippen LogP contribution in [-0.4, -0.2) is 37.0 Å². The van der Waals surface area contributed by atoms with Crippen LogP contribution in [0, 0.1) is 11.8 Å². The van der Waals surface area contributed by atoms with Gasteiger partial charge in [-0.15, -0.1) is 0 Å². The fourth-order valence-corrected chi connectivity index (χ4v) is 3.01. The van der Waals surface area contributed by atoms with Crippen LogP contribution in [0.15, 0.2) is 0 Å². The van der Waals surface area contributed by atoms with E-state index in [-0.39, 0.29) is 6.10 Å². The fourth-order valence-electron chi connectivity index (χ4n) is 3.01. The van der Waals surface area contributed by atoms with Crippen LogP contribution in [0.1, 0.15) is 58.3 Å². The van der Waals surface area contributed by atoms with E-state index < -0.39 is 0 Å². The Morgan fingerprint density at radius 2 is 1.79 bits per heavy atom. The first-order chi connectivity index (χ1) is 9.25. The van der Waals surface area contributed by atoms with Gasteiger partial charge in [-0.25, -0.2) is 0 Å². The van der Waals surface area contributed by atoms with Gasteiger partial charge in [0.2, 0.25) is 0 Å². The summed E-state index contributed by atoms with van der Waals surface area (Å²) in [5, 5.41) is 13.4. The summed E-state index contributed by atoms with van der Waals surface area (Å²) in [6, 6.07) is 0.524. The number of aliphatic hydroxyl groups excluding tert-OH is 1. The van der Waals surface area contributed by atoms with Crippen LogP contribution in [0.3, 0.4) is 0 Å². The minimum Gasteiger partial charge on any atom is -0.389 e. The number of aliphatic hydroxyl groups is 1. The van der Waals surface area contributed by atoms with Crippen molar-refractivity contribution in [2.75, 3.05) is 19.8 Å².